The SMILES string of the molecule is CC(C)C.OC(CC1CC2CC1C1C3CCC(C3)C21)C(F)(F)F. The van der Waals surface area contributed by atoms with E-state index in [9.17, 15) is 18.3 Å². The molecule has 1 nitrogen and oxygen atoms in total. The van der Waals surface area contributed by atoms with Crippen LogP contribution in [-0.4, -0.2) is 17.4 Å². The summed E-state index contributed by atoms with van der Waals surface area (Å²) in [6, 6.07) is 0. The summed E-state index contributed by atoms with van der Waals surface area (Å²) in [5, 5.41) is 9.32. The molecule has 0 aromatic rings. The summed E-state index contributed by atoms with van der Waals surface area (Å²) in [5.41, 5.74) is 0. The van der Waals surface area contributed by atoms with Gasteiger partial charge in [0.15, 0.2) is 0 Å². The van der Waals surface area contributed by atoms with Crippen molar-refractivity contribution in [2.75, 3.05) is 0 Å². The van der Waals surface area contributed by atoms with E-state index in [-0.39, 0.29) is 12.3 Å². The topological polar surface area (TPSA) is 20.2 Å². The molecule has 0 aliphatic heterocycles. The molecule has 0 aromatic heterocycles. The maximum absolute atomic E-state index is 12.5. The van der Waals surface area contributed by atoms with Crippen LogP contribution in [0.1, 0.15) is 59.3 Å². The smallest absolute Gasteiger partial charge is 0.384 e. The Balaban J connectivity index is 0.000000354. The molecule has 4 rings (SSSR count). The van der Waals surface area contributed by atoms with Gasteiger partial charge in [0.2, 0.25) is 0 Å². The molecule has 0 spiro atoms. The van der Waals surface area contributed by atoms with Gasteiger partial charge in [-0.2, -0.15) is 13.2 Å². The van der Waals surface area contributed by atoms with Crippen molar-refractivity contribution in [2.24, 2.45) is 47.3 Å². The van der Waals surface area contributed by atoms with Crippen molar-refractivity contribution in [3.8, 4) is 0 Å². The first-order chi connectivity index (χ1) is 10.7. The summed E-state index contributed by atoms with van der Waals surface area (Å²) in [6.45, 7) is 6.50. The van der Waals surface area contributed by atoms with Crippen LogP contribution in [0.4, 0.5) is 13.2 Å². The molecule has 134 valence electrons. The molecule has 8 unspecified atom stereocenters. The van der Waals surface area contributed by atoms with Gasteiger partial charge in [0.05, 0.1) is 0 Å². The molecule has 4 saturated carbocycles. The Morgan fingerprint density at radius 1 is 0.913 bits per heavy atom. The fraction of sp³-hybridized carbons (Fsp3) is 1.00. The molecule has 4 heteroatoms. The van der Waals surface area contributed by atoms with Gasteiger partial charge < -0.3 is 5.11 Å². The van der Waals surface area contributed by atoms with E-state index >= 15 is 0 Å². The number of hydrogen-bond acceptors (Lipinski definition) is 1. The molecule has 4 aliphatic carbocycles. The van der Waals surface area contributed by atoms with Crippen LogP contribution in [0.3, 0.4) is 0 Å². The van der Waals surface area contributed by atoms with Gasteiger partial charge in [-0.15, -0.1) is 0 Å². The Morgan fingerprint density at radius 2 is 1.48 bits per heavy atom. The lowest BCUT2D eigenvalue weighted by Crippen LogP contribution is -2.37. The lowest BCUT2D eigenvalue weighted by Gasteiger charge is -2.39. The van der Waals surface area contributed by atoms with Crippen LogP contribution < -0.4 is 0 Å². The number of rotatable bonds is 2. The first kappa shape index (κ1) is 17.6. The molecule has 23 heavy (non-hydrogen) atoms. The van der Waals surface area contributed by atoms with Gasteiger partial charge in [-0.05, 0) is 85.9 Å². The monoisotopic (exact) mass is 332 g/mol. The molecule has 4 aliphatic rings. The van der Waals surface area contributed by atoms with Crippen LogP contribution in [-0.2, 0) is 0 Å². The summed E-state index contributed by atoms with van der Waals surface area (Å²) in [7, 11) is 0. The first-order valence-electron chi connectivity index (χ1n) is 9.43. The summed E-state index contributed by atoms with van der Waals surface area (Å²) in [5.74, 6) is 5.36. The predicted molar refractivity (Wildman–Crippen MR) is 84.7 cm³/mol. The van der Waals surface area contributed by atoms with E-state index in [1.807, 2.05) is 0 Å². The lowest BCUT2D eigenvalue weighted by molar-refractivity contribution is -0.210. The maximum atomic E-state index is 12.5. The van der Waals surface area contributed by atoms with Crippen molar-refractivity contribution >= 4 is 0 Å². The van der Waals surface area contributed by atoms with Crippen molar-refractivity contribution < 1.29 is 18.3 Å². The zero-order chi connectivity index (χ0) is 16.9. The third-order valence-corrected chi connectivity index (χ3v) is 6.78. The average Bonchev–Trinajstić information content (AvgIpc) is 3.15. The Labute approximate surface area is 138 Å². The summed E-state index contributed by atoms with van der Waals surface area (Å²) < 4.78 is 37.5. The number of aliphatic hydroxyl groups excluding tert-OH is 1. The van der Waals surface area contributed by atoms with Gasteiger partial charge in [0.25, 0.3) is 0 Å². The number of alkyl halides is 3. The van der Waals surface area contributed by atoms with E-state index < -0.39 is 12.3 Å². The van der Waals surface area contributed by atoms with E-state index in [0.29, 0.717) is 17.8 Å². The van der Waals surface area contributed by atoms with Crippen LogP contribution in [0.25, 0.3) is 0 Å². The van der Waals surface area contributed by atoms with Crippen molar-refractivity contribution in [3.63, 3.8) is 0 Å². The molecule has 8 atom stereocenters. The predicted octanol–water partition coefficient (Wildman–Crippen LogP) is 5.28. The first-order valence-corrected chi connectivity index (χ1v) is 9.43. The van der Waals surface area contributed by atoms with Crippen molar-refractivity contribution in [1.82, 2.24) is 0 Å². The molecule has 0 amide bonds. The molecular formula is C19H31F3O. The van der Waals surface area contributed by atoms with Crippen LogP contribution in [0.5, 0.6) is 0 Å². The minimum Gasteiger partial charge on any atom is -0.384 e. The van der Waals surface area contributed by atoms with Crippen LogP contribution >= 0.6 is 0 Å². The normalized spacial score (nSPS) is 45.1. The summed E-state index contributed by atoms with van der Waals surface area (Å²) in [6.07, 6.45) is -0.472. The van der Waals surface area contributed by atoms with E-state index in [4.69, 9.17) is 0 Å². The fourth-order valence-electron chi connectivity index (χ4n) is 6.39. The van der Waals surface area contributed by atoms with Crippen LogP contribution in [0, 0.1) is 47.3 Å². The van der Waals surface area contributed by atoms with Gasteiger partial charge in [0, 0.05) is 0 Å². The van der Waals surface area contributed by atoms with E-state index in [1.165, 1.54) is 19.3 Å². The largest absolute Gasteiger partial charge is 0.414 e. The number of fused-ring (bicyclic) bond motifs is 9. The summed E-state index contributed by atoms with van der Waals surface area (Å²) >= 11 is 0. The molecular weight excluding hydrogens is 301 g/mol. The average molecular weight is 332 g/mol. The van der Waals surface area contributed by atoms with Crippen molar-refractivity contribution in [1.29, 1.82) is 0 Å². The van der Waals surface area contributed by atoms with Crippen molar-refractivity contribution in [3.05, 3.63) is 0 Å². The highest BCUT2D eigenvalue weighted by Gasteiger charge is 2.62. The molecule has 0 saturated heterocycles. The zero-order valence-electron chi connectivity index (χ0n) is 14.5. The van der Waals surface area contributed by atoms with Gasteiger partial charge in [-0.1, -0.05) is 20.8 Å². The van der Waals surface area contributed by atoms with Gasteiger partial charge in [0.1, 0.15) is 6.10 Å². The Hall–Kier alpha value is -0.250. The number of halogens is 3. The third kappa shape index (κ3) is 3.29. The molecule has 4 fully saturated rings. The maximum Gasteiger partial charge on any atom is 0.414 e. The summed E-state index contributed by atoms with van der Waals surface area (Å²) in [4.78, 5) is 0. The second kappa shape index (κ2) is 6.24. The molecule has 0 radical (unpaired) electrons. The number of aliphatic hydroxyl groups is 1. The molecule has 0 aromatic carbocycles. The molecule has 0 heterocycles. The second-order valence-electron chi connectivity index (χ2n) is 9.17. The minimum absolute atomic E-state index is 0.0503. The second-order valence-corrected chi connectivity index (χ2v) is 9.17. The van der Waals surface area contributed by atoms with Crippen molar-refractivity contribution in [2.45, 2.75) is 71.6 Å². The molecule has 4 bridgehead atoms. The Kier molecular flexibility index (Phi) is 4.76. The zero-order valence-corrected chi connectivity index (χ0v) is 14.5. The van der Waals surface area contributed by atoms with Crippen LogP contribution in [0.2, 0.25) is 0 Å². The molecule has 1 N–H and O–H groups in total. The van der Waals surface area contributed by atoms with Gasteiger partial charge in [-0.25, -0.2) is 0 Å². The standard InChI is InChI=1S/C15H21F3O.C4H10/c16-15(17,18)12(19)6-9-4-10-5-11(9)14-8-2-1-7(3-8)13(10)14;1-4(2)3/h7-14,19H,1-6H2;4H,1-3H3. The lowest BCUT2D eigenvalue weighted by atomic mass is 9.66. The fourth-order valence-corrected chi connectivity index (χ4v) is 6.39. The van der Waals surface area contributed by atoms with Crippen LogP contribution in [0.15, 0.2) is 0 Å². The number of hydrogen-bond donors (Lipinski definition) is 1. The minimum atomic E-state index is -4.43. The van der Waals surface area contributed by atoms with E-state index in [0.717, 1.165) is 36.5 Å². The third-order valence-electron chi connectivity index (χ3n) is 6.78. The van der Waals surface area contributed by atoms with E-state index in [1.54, 1.807) is 0 Å². The highest BCUT2D eigenvalue weighted by molar-refractivity contribution is 5.10. The Bertz CT molecular complexity index is 417. The van der Waals surface area contributed by atoms with Gasteiger partial charge >= 0.3 is 6.18 Å². The highest BCUT2D eigenvalue weighted by atomic mass is 19.4. The quantitative estimate of drug-likeness (QED) is 0.682. The highest BCUT2D eigenvalue weighted by Crippen LogP contribution is 2.69. The Morgan fingerprint density at radius 3 is 2.04 bits per heavy atom. The van der Waals surface area contributed by atoms with Gasteiger partial charge in [-0.3, -0.25) is 0 Å². The van der Waals surface area contributed by atoms with E-state index in [2.05, 4.69) is 20.8 Å².